The van der Waals surface area contributed by atoms with Gasteiger partial charge in [0, 0.05) is 6.20 Å². The quantitative estimate of drug-likeness (QED) is 0.527. The van der Waals surface area contributed by atoms with Crippen molar-refractivity contribution in [3.05, 3.63) is 33.6 Å². The Morgan fingerprint density at radius 1 is 1.62 bits per heavy atom. The molecule has 0 saturated carbocycles. The van der Waals surface area contributed by atoms with Crippen molar-refractivity contribution in [2.75, 3.05) is 0 Å². The Balaban J connectivity index is 3.43. The van der Waals surface area contributed by atoms with Crippen LogP contribution >= 0.6 is 0 Å². The second-order valence-electron chi connectivity index (χ2n) is 2.47. The third-order valence-corrected chi connectivity index (χ3v) is 1.56. The summed E-state index contributed by atoms with van der Waals surface area (Å²) >= 11 is 0. The minimum atomic E-state index is -0.813. The van der Waals surface area contributed by atoms with E-state index >= 15 is 0 Å². The van der Waals surface area contributed by atoms with Crippen molar-refractivity contribution in [3.8, 4) is 0 Å². The lowest BCUT2D eigenvalue weighted by Gasteiger charge is -2.00. The number of amides is 1. The van der Waals surface area contributed by atoms with Crippen LogP contribution < -0.4 is 5.73 Å². The van der Waals surface area contributed by atoms with E-state index < -0.39 is 10.8 Å². The van der Waals surface area contributed by atoms with Crippen LogP contribution in [-0.4, -0.2) is 15.8 Å². The largest absolute Gasteiger partial charge is 0.365 e. The minimum absolute atomic E-state index is 0.0833. The Bertz CT molecular complexity index is 375. The molecule has 68 valence electrons. The van der Waals surface area contributed by atoms with E-state index in [1.165, 1.54) is 6.20 Å². The van der Waals surface area contributed by atoms with Gasteiger partial charge in [-0.2, -0.15) is 0 Å². The average Bonchev–Trinajstić information content (AvgIpc) is 2.02. The molecule has 13 heavy (non-hydrogen) atoms. The molecule has 0 aliphatic rings. The van der Waals surface area contributed by atoms with Crippen molar-refractivity contribution >= 4 is 11.6 Å². The third kappa shape index (κ3) is 1.61. The summed E-state index contributed by atoms with van der Waals surface area (Å²) in [5, 5.41) is 10.4. The summed E-state index contributed by atoms with van der Waals surface area (Å²) in [6.45, 7) is 1.54. The van der Waals surface area contributed by atoms with Gasteiger partial charge in [-0.3, -0.25) is 19.9 Å². The monoisotopic (exact) mass is 181 g/mol. The zero-order valence-corrected chi connectivity index (χ0v) is 6.85. The van der Waals surface area contributed by atoms with E-state index in [0.717, 1.165) is 6.20 Å². The van der Waals surface area contributed by atoms with Gasteiger partial charge in [0.15, 0.2) is 0 Å². The SMILES string of the molecule is Cc1cncc([N+](=O)[O-])c1C(N)=O. The van der Waals surface area contributed by atoms with Gasteiger partial charge in [-0.1, -0.05) is 0 Å². The van der Waals surface area contributed by atoms with Crippen molar-refractivity contribution in [3.63, 3.8) is 0 Å². The molecule has 0 aliphatic carbocycles. The predicted octanol–water partition coefficient (Wildman–Crippen LogP) is 0.397. The number of nitrogens with two attached hydrogens (primary N) is 1. The molecule has 1 amide bonds. The van der Waals surface area contributed by atoms with Gasteiger partial charge in [0.1, 0.15) is 11.8 Å². The van der Waals surface area contributed by atoms with E-state index in [-0.39, 0.29) is 11.3 Å². The van der Waals surface area contributed by atoms with E-state index in [4.69, 9.17) is 5.73 Å². The molecule has 0 fully saturated rings. The minimum Gasteiger partial charge on any atom is -0.365 e. The zero-order chi connectivity index (χ0) is 10.0. The standard InChI is InChI=1S/C7H7N3O3/c1-4-2-9-3-5(10(12)13)6(4)7(8)11/h2-3H,1H3,(H2,8,11). The molecule has 1 heterocycles. The topological polar surface area (TPSA) is 99.1 Å². The lowest BCUT2D eigenvalue weighted by atomic mass is 10.1. The maximum absolute atomic E-state index is 10.8. The average molecular weight is 181 g/mol. The van der Waals surface area contributed by atoms with E-state index in [9.17, 15) is 14.9 Å². The molecule has 0 saturated heterocycles. The fourth-order valence-electron chi connectivity index (χ4n) is 1.01. The molecule has 0 atom stereocenters. The van der Waals surface area contributed by atoms with Crippen LogP contribution in [0.2, 0.25) is 0 Å². The first-order valence-electron chi connectivity index (χ1n) is 3.43. The van der Waals surface area contributed by atoms with E-state index in [1.807, 2.05) is 0 Å². The number of nitro groups is 1. The van der Waals surface area contributed by atoms with E-state index in [2.05, 4.69) is 4.98 Å². The summed E-state index contributed by atoms with van der Waals surface area (Å²) in [7, 11) is 0. The number of carbonyl (C=O) groups excluding carboxylic acids is 1. The smallest absolute Gasteiger partial charge is 0.300 e. The maximum Gasteiger partial charge on any atom is 0.300 e. The van der Waals surface area contributed by atoms with E-state index in [1.54, 1.807) is 6.92 Å². The van der Waals surface area contributed by atoms with Gasteiger partial charge in [0.05, 0.1) is 4.92 Å². The highest BCUT2D eigenvalue weighted by Crippen LogP contribution is 2.18. The number of rotatable bonds is 2. The first-order valence-corrected chi connectivity index (χ1v) is 3.43. The maximum atomic E-state index is 10.8. The summed E-state index contributed by atoms with van der Waals surface area (Å²) < 4.78 is 0. The van der Waals surface area contributed by atoms with Crippen LogP contribution in [0.3, 0.4) is 0 Å². The molecule has 0 bridgehead atoms. The van der Waals surface area contributed by atoms with Crippen LogP contribution in [0.25, 0.3) is 0 Å². The molecule has 6 nitrogen and oxygen atoms in total. The molecule has 6 heteroatoms. The second-order valence-corrected chi connectivity index (χ2v) is 2.47. The Hall–Kier alpha value is -1.98. The normalized spacial score (nSPS) is 9.62. The van der Waals surface area contributed by atoms with Gasteiger partial charge in [-0.05, 0) is 12.5 Å². The van der Waals surface area contributed by atoms with Crippen LogP contribution in [0.1, 0.15) is 15.9 Å². The molecule has 1 rings (SSSR count). The summed E-state index contributed by atoms with van der Waals surface area (Å²) in [5.41, 5.74) is 4.95. The molecular formula is C7H7N3O3. The Kier molecular flexibility index (Phi) is 2.23. The Morgan fingerprint density at radius 2 is 2.23 bits per heavy atom. The van der Waals surface area contributed by atoms with E-state index in [0.29, 0.717) is 5.56 Å². The van der Waals surface area contributed by atoms with Gasteiger partial charge in [0.2, 0.25) is 0 Å². The van der Waals surface area contributed by atoms with Crippen LogP contribution in [0.15, 0.2) is 12.4 Å². The van der Waals surface area contributed by atoms with Gasteiger partial charge in [-0.25, -0.2) is 0 Å². The van der Waals surface area contributed by atoms with Crippen molar-refractivity contribution < 1.29 is 9.72 Å². The molecule has 1 aromatic rings. The van der Waals surface area contributed by atoms with Crippen molar-refractivity contribution in [2.24, 2.45) is 5.73 Å². The summed E-state index contributed by atoms with van der Waals surface area (Å²) in [5.74, 6) is -0.813. The van der Waals surface area contributed by atoms with Crippen molar-refractivity contribution in [1.82, 2.24) is 4.98 Å². The lowest BCUT2D eigenvalue weighted by Crippen LogP contribution is -2.15. The number of aromatic nitrogens is 1. The molecule has 0 radical (unpaired) electrons. The van der Waals surface area contributed by atoms with Crippen LogP contribution in [0.5, 0.6) is 0 Å². The number of hydrogen-bond acceptors (Lipinski definition) is 4. The highest BCUT2D eigenvalue weighted by Gasteiger charge is 2.20. The number of carbonyl (C=O) groups is 1. The Labute approximate surface area is 73.5 Å². The molecule has 0 aromatic carbocycles. The number of aryl methyl sites for hydroxylation is 1. The number of nitrogens with zero attached hydrogens (tertiary/aromatic N) is 2. The number of pyridine rings is 1. The Morgan fingerprint density at radius 3 is 2.62 bits per heavy atom. The number of primary amides is 1. The molecule has 0 aliphatic heterocycles. The van der Waals surface area contributed by atoms with Gasteiger partial charge < -0.3 is 5.73 Å². The number of hydrogen-bond donors (Lipinski definition) is 1. The van der Waals surface area contributed by atoms with Crippen LogP contribution in [0, 0.1) is 17.0 Å². The second kappa shape index (κ2) is 3.18. The molecule has 0 spiro atoms. The highest BCUT2D eigenvalue weighted by molar-refractivity contribution is 5.98. The molecule has 2 N–H and O–H groups in total. The summed E-state index contributed by atoms with van der Waals surface area (Å²) in [6, 6.07) is 0. The molecular weight excluding hydrogens is 174 g/mol. The first kappa shape index (κ1) is 9.11. The van der Waals surface area contributed by atoms with Gasteiger partial charge in [0.25, 0.3) is 5.91 Å². The molecule has 1 aromatic heterocycles. The highest BCUT2D eigenvalue weighted by atomic mass is 16.6. The summed E-state index contributed by atoms with van der Waals surface area (Å²) in [6.07, 6.45) is 2.36. The first-order chi connectivity index (χ1) is 6.04. The summed E-state index contributed by atoms with van der Waals surface area (Å²) in [4.78, 5) is 24.2. The third-order valence-electron chi connectivity index (χ3n) is 1.56. The molecule has 0 unspecified atom stereocenters. The lowest BCUT2D eigenvalue weighted by molar-refractivity contribution is -0.385. The van der Waals surface area contributed by atoms with Gasteiger partial charge >= 0.3 is 5.69 Å². The fourth-order valence-corrected chi connectivity index (χ4v) is 1.01. The van der Waals surface area contributed by atoms with Crippen LogP contribution in [0.4, 0.5) is 5.69 Å². The zero-order valence-electron chi connectivity index (χ0n) is 6.85. The van der Waals surface area contributed by atoms with Crippen LogP contribution in [-0.2, 0) is 0 Å². The van der Waals surface area contributed by atoms with Crippen molar-refractivity contribution in [2.45, 2.75) is 6.92 Å². The fraction of sp³-hybridized carbons (Fsp3) is 0.143. The van der Waals surface area contributed by atoms with Gasteiger partial charge in [-0.15, -0.1) is 0 Å². The predicted molar refractivity (Wildman–Crippen MR) is 44.1 cm³/mol. The van der Waals surface area contributed by atoms with Crippen molar-refractivity contribution in [1.29, 1.82) is 0 Å².